The van der Waals surface area contributed by atoms with Crippen LogP contribution >= 0.6 is 11.3 Å². The number of ether oxygens (including phenoxy) is 1. The van der Waals surface area contributed by atoms with Gasteiger partial charge in [-0.3, -0.25) is 4.79 Å². The van der Waals surface area contributed by atoms with Crippen LogP contribution in [0, 0.1) is 0 Å². The molecule has 0 unspecified atom stereocenters. The van der Waals surface area contributed by atoms with E-state index < -0.39 is 11.7 Å². The topological polar surface area (TPSA) is 46.5 Å². The second kappa shape index (κ2) is 8.51. The Kier molecular flexibility index (Phi) is 5.76. The highest BCUT2D eigenvalue weighted by molar-refractivity contribution is 7.22. The van der Waals surface area contributed by atoms with E-state index in [1.165, 1.54) is 42.5 Å². The summed E-state index contributed by atoms with van der Waals surface area (Å²) in [6, 6.07) is 16.8. The van der Waals surface area contributed by atoms with Gasteiger partial charge in [0.1, 0.15) is 11.5 Å². The van der Waals surface area contributed by atoms with E-state index in [0.29, 0.717) is 21.9 Å². The Balaban J connectivity index is 1.74. The molecule has 7 heteroatoms. The van der Waals surface area contributed by atoms with E-state index in [0.717, 1.165) is 27.8 Å². The Morgan fingerprint density at radius 2 is 1.69 bits per heavy atom. The molecule has 162 valence electrons. The normalized spacial score (nSPS) is 11.9. The minimum Gasteiger partial charge on any atom is -0.508 e. The van der Waals surface area contributed by atoms with Crippen LogP contribution in [0.25, 0.3) is 26.6 Å². The number of alkyl halides is 3. The molecule has 1 aromatic heterocycles. The van der Waals surface area contributed by atoms with Crippen molar-refractivity contribution < 1.29 is 27.8 Å². The third-order valence-corrected chi connectivity index (χ3v) is 5.90. The lowest BCUT2D eigenvalue weighted by atomic mass is 10.1. The summed E-state index contributed by atoms with van der Waals surface area (Å²) in [5.41, 5.74) is 0.682. The molecule has 0 aliphatic carbocycles. The van der Waals surface area contributed by atoms with Crippen molar-refractivity contribution in [3.8, 4) is 27.7 Å². The average molecular weight is 454 g/mol. The molecule has 0 saturated heterocycles. The van der Waals surface area contributed by atoms with Crippen LogP contribution in [0.15, 0.2) is 72.8 Å². The van der Waals surface area contributed by atoms with Crippen molar-refractivity contribution in [1.82, 2.24) is 0 Å². The number of benzene rings is 3. The number of ketones is 1. The number of aromatic hydroxyl groups is 1. The van der Waals surface area contributed by atoms with Gasteiger partial charge < -0.3 is 9.84 Å². The van der Waals surface area contributed by atoms with Crippen molar-refractivity contribution in [2.45, 2.75) is 13.1 Å². The van der Waals surface area contributed by atoms with Crippen molar-refractivity contribution in [3.05, 3.63) is 83.9 Å². The number of phenolic OH excluding ortho intramolecular Hbond substituents is 1. The molecule has 4 rings (SSSR count). The number of allylic oxidation sites excluding steroid dienone is 1. The number of thiophene rings is 1. The van der Waals surface area contributed by atoms with Gasteiger partial charge in [-0.1, -0.05) is 30.3 Å². The SMILES string of the molecule is CC(=O)C=Cc1ccc(Oc2c(-c3ccc(C(F)(F)F)cc3)sc3cc(O)ccc23)cc1. The summed E-state index contributed by atoms with van der Waals surface area (Å²) in [6.45, 7) is 1.47. The Bertz CT molecular complexity index is 1300. The van der Waals surface area contributed by atoms with E-state index in [2.05, 4.69) is 0 Å². The first-order valence-corrected chi connectivity index (χ1v) is 10.4. The molecule has 0 spiro atoms. The molecule has 3 aromatic carbocycles. The van der Waals surface area contributed by atoms with Gasteiger partial charge >= 0.3 is 6.18 Å². The van der Waals surface area contributed by atoms with Crippen LogP contribution in [-0.4, -0.2) is 10.9 Å². The van der Waals surface area contributed by atoms with Crippen LogP contribution in [0.1, 0.15) is 18.1 Å². The number of carbonyl (C=O) groups is 1. The molecular weight excluding hydrogens is 437 g/mol. The smallest absolute Gasteiger partial charge is 0.416 e. The second-order valence-corrected chi connectivity index (χ2v) is 8.18. The highest BCUT2D eigenvalue weighted by Crippen LogP contribution is 2.47. The molecule has 1 heterocycles. The molecule has 0 aliphatic rings. The summed E-state index contributed by atoms with van der Waals surface area (Å²) in [5.74, 6) is 1.06. The van der Waals surface area contributed by atoms with Gasteiger partial charge in [0.2, 0.25) is 0 Å². The maximum absolute atomic E-state index is 13.0. The summed E-state index contributed by atoms with van der Waals surface area (Å²) in [5, 5.41) is 10.6. The lowest BCUT2D eigenvalue weighted by Crippen LogP contribution is -2.03. The molecule has 0 saturated carbocycles. The first kappa shape index (κ1) is 21.6. The quantitative estimate of drug-likeness (QED) is 0.315. The van der Waals surface area contributed by atoms with Gasteiger partial charge in [0.05, 0.1) is 10.4 Å². The fraction of sp³-hybridized carbons (Fsp3) is 0.0800. The Labute approximate surface area is 186 Å². The highest BCUT2D eigenvalue weighted by atomic mass is 32.1. The van der Waals surface area contributed by atoms with Gasteiger partial charge in [0.25, 0.3) is 0 Å². The van der Waals surface area contributed by atoms with Gasteiger partial charge in [0, 0.05) is 10.1 Å². The van der Waals surface area contributed by atoms with Crippen molar-refractivity contribution in [2.24, 2.45) is 0 Å². The van der Waals surface area contributed by atoms with Crippen molar-refractivity contribution in [1.29, 1.82) is 0 Å². The fourth-order valence-electron chi connectivity index (χ4n) is 3.14. The van der Waals surface area contributed by atoms with E-state index in [-0.39, 0.29) is 11.5 Å². The summed E-state index contributed by atoms with van der Waals surface area (Å²) in [4.78, 5) is 11.8. The number of hydrogen-bond acceptors (Lipinski definition) is 4. The zero-order valence-electron chi connectivity index (χ0n) is 16.8. The number of carbonyl (C=O) groups excluding carboxylic acids is 1. The van der Waals surface area contributed by atoms with Gasteiger partial charge in [-0.15, -0.1) is 11.3 Å². The van der Waals surface area contributed by atoms with Crippen LogP contribution < -0.4 is 4.74 Å². The van der Waals surface area contributed by atoms with Crippen LogP contribution in [0.3, 0.4) is 0 Å². The maximum Gasteiger partial charge on any atom is 0.416 e. The van der Waals surface area contributed by atoms with E-state index in [1.807, 2.05) is 0 Å². The summed E-state index contributed by atoms with van der Waals surface area (Å²) >= 11 is 1.32. The molecule has 0 amide bonds. The molecule has 0 aliphatic heterocycles. The molecule has 4 aromatic rings. The molecule has 0 bridgehead atoms. The summed E-state index contributed by atoms with van der Waals surface area (Å²) in [6.07, 6.45) is -1.25. The molecule has 32 heavy (non-hydrogen) atoms. The molecule has 1 N–H and O–H groups in total. The third kappa shape index (κ3) is 4.68. The standard InChI is InChI=1S/C25H17F3O3S/c1-15(29)2-3-16-4-11-20(12-5-16)31-23-21-13-10-19(30)14-22(21)32-24(23)17-6-8-18(9-7-17)25(26,27)28/h2-14,30H,1H3. The Hall–Kier alpha value is -3.58. The zero-order valence-corrected chi connectivity index (χ0v) is 17.6. The number of phenols is 1. The minimum absolute atomic E-state index is 0.0560. The first-order chi connectivity index (χ1) is 15.2. The van der Waals surface area contributed by atoms with Crippen molar-refractivity contribution in [2.75, 3.05) is 0 Å². The van der Waals surface area contributed by atoms with Crippen molar-refractivity contribution >= 4 is 33.3 Å². The number of hydrogen-bond donors (Lipinski definition) is 1. The number of fused-ring (bicyclic) bond motifs is 1. The Morgan fingerprint density at radius 1 is 1.00 bits per heavy atom. The van der Waals surface area contributed by atoms with Gasteiger partial charge in [0.15, 0.2) is 11.5 Å². The third-order valence-electron chi connectivity index (χ3n) is 4.71. The monoisotopic (exact) mass is 454 g/mol. The molecule has 3 nitrogen and oxygen atoms in total. The van der Waals surface area contributed by atoms with Gasteiger partial charge in [-0.05, 0) is 66.6 Å². The van der Waals surface area contributed by atoms with Crippen LogP contribution in [-0.2, 0) is 11.0 Å². The zero-order chi connectivity index (χ0) is 22.9. The van der Waals surface area contributed by atoms with Crippen molar-refractivity contribution in [3.63, 3.8) is 0 Å². The lowest BCUT2D eigenvalue weighted by molar-refractivity contribution is -0.137. The van der Waals surface area contributed by atoms with Gasteiger partial charge in [-0.2, -0.15) is 13.2 Å². The second-order valence-electron chi connectivity index (χ2n) is 7.13. The van der Waals surface area contributed by atoms with Crippen LogP contribution in [0.2, 0.25) is 0 Å². The van der Waals surface area contributed by atoms with E-state index in [4.69, 9.17) is 4.74 Å². The maximum atomic E-state index is 13.0. The first-order valence-electron chi connectivity index (χ1n) is 9.60. The molecule has 0 fully saturated rings. The minimum atomic E-state index is -4.41. The summed E-state index contributed by atoms with van der Waals surface area (Å²) in [7, 11) is 0. The fourth-order valence-corrected chi connectivity index (χ4v) is 4.31. The molecular formula is C25H17F3O3S. The predicted octanol–water partition coefficient (Wildman–Crippen LogP) is 7.69. The predicted molar refractivity (Wildman–Crippen MR) is 120 cm³/mol. The highest BCUT2D eigenvalue weighted by Gasteiger charge is 2.30. The van der Waals surface area contributed by atoms with Gasteiger partial charge in [-0.25, -0.2) is 0 Å². The van der Waals surface area contributed by atoms with E-state index >= 15 is 0 Å². The van der Waals surface area contributed by atoms with Crippen LogP contribution in [0.5, 0.6) is 17.2 Å². The lowest BCUT2D eigenvalue weighted by Gasteiger charge is -2.10. The number of halogens is 3. The number of rotatable bonds is 5. The average Bonchev–Trinajstić information content (AvgIpc) is 3.10. The molecule has 0 radical (unpaired) electrons. The van der Waals surface area contributed by atoms with E-state index in [1.54, 1.807) is 42.5 Å². The van der Waals surface area contributed by atoms with Crippen LogP contribution in [0.4, 0.5) is 13.2 Å². The van der Waals surface area contributed by atoms with E-state index in [9.17, 15) is 23.1 Å². The molecule has 0 atom stereocenters. The summed E-state index contributed by atoms with van der Waals surface area (Å²) < 4.78 is 45.8. The largest absolute Gasteiger partial charge is 0.508 e. The Morgan fingerprint density at radius 3 is 2.31 bits per heavy atom.